The number of nitrogens with zero attached hydrogens (tertiary/aromatic N) is 1. The molecule has 4 nitrogen and oxygen atoms in total. The molecule has 1 aromatic heterocycles. The minimum absolute atomic E-state index is 0.0546. The van der Waals surface area contributed by atoms with E-state index in [0.29, 0.717) is 11.6 Å². The van der Waals surface area contributed by atoms with Gasteiger partial charge in [-0.25, -0.2) is 4.98 Å². The minimum Gasteiger partial charge on any atom is -0.486 e. The number of alkyl halides is 3. The SMILES string of the molecule is OCc1ccccc1-c1ccc2[nH]c(COc3ccc(C(F)(F)F)cc3)nc2c1. The average Bonchev–Trinajstić information content (AvgIpc) is 3.14. The molecule has 4 rings (SSSR count). The lowest BCUT2D eigenvalue weighted by Crippen LogP contribution is -2.04. The number of halogens is 3. The molecule has 0 fully saturated rings. The third kappa shape index (κ3) is 4.09. The Morgan fingerprint density at radius 1 is 0.966 bits per heavy atom. The van der Waals surface area contributed by atoms with Crippen molar-refractivity contribution in [2.75, 3.05) is 0 Å². The molecule has 0 saturated heterocycles. The van der Waals surface area contributed by atoms with Crippen molar-refractivity contribution < 1.29 is 23.0 Å². The molecule has 0 spiro atoms. The number of aromatic amines is 1. The Morgan fingerprint density at radius 3 is 2.45 bits per heavy atom. The van der Waals surface area contributed by atoms with Gasteiger partial charge in [0.05, 0.1) is 23.2 Å². The summed E-state index contributed by atoms with van der Waals surface area (Å²) in [5.41, 5.74) is 3.53. The lowest BCUT2D eigenvalue weighted by Gasteiger charge is -2.08. The minimum atomic E-state index is -4.37. The number of aliphatic hydroxyl groups is 1. The van der Waals surface area contributed by atoms with Crippen LogP contribution in [0.15, 0.2) is 66.7 Å². The van der Waals surface area contributed by atoms with Crippen LogP contribution in [0.25, 0.3) is 22.2 Å². The summed E-state index contributed by atoms with van der Waals surface area (Å²) in [5, 5.41) is 9.54. The first-order chi connectivity index (χ1) is 13.9. The largest absolute Gasteiger partial charge is 0.486 e. The first kappa shape index (κ1) is 19.0. The fraction of sp³-hybridized carbons (Fsp3) is 0.136. The highest BCUT2D eigenvalue weighted by atomic mass is 19.4. The Hall–Kier alpha value is -3.32. The van der Waals surface area contributed by atoms with Crippen LogP contribution in [0, 0.1) is 0 Å². The Kier molecular flexibility index (Phi) is 4.98. The number of fused-ring (bicyclic) bond motifs is 1. The number of benzene rings is 3. The molecule has 0 unspecified atom stereocenters. The standard InChI is InChI=1S/C22H17F3N2O2/c23-22(24,25)16-6-8-17(9-7-16)29-13-21-26-19-10-5-14(11-20(19)27-21)18-4-2-1-3-15(18)12-28/h1-11,28H,12-13H2,(H,26,27). The van der Waals surface area contributed by atoms with Gasteiger partial charge in [-0.15, -0.1) is 0 Å². The van der Waals surface area contributed by atoms with Gasteiger partial charge in [0.2, 0.25) is 0 Å². The topological polar surface area (TPSA) is 58.1 Å². The van der Waals surface area contributed by atoms with Crippen molar-refractivity contribution in [1.29, 1.82) is 0 Å². The second-order valence-corrected chi connectivity index (χ2v) is 6.54. The van der Waals surface area contributed by atoms with Gasteiger partial charge in [0.25, 0.3) is 0 Å². The second kappa shape index (κ2) is 7.60. The zero-order chi connectivity index (χ0) is 20.4. The van der Waals surface area contributed by atoms with Gasteiger partial charge in [0.1, 0.15) is 18.2 Å². The van der Waals surface area contributed by atoms with Crippen LogP contribution in [0.3, 0.4) is 0 Å². The quantitative estimate of drug-likeness (QED) is 0.478. The molecular weight excluding hydrogens is 381 g/mol. The van der Waals surface area contributed by atoms with E-state index in [1.54, 1.807) is 0 Å². The van der Waals surface area contributed by atoms with Crippen LogP contribution in [0.5, 0.6) is 5.75 Å². The maximum Gasteiger partial charge on any atom is 0.416 e. The normalized spacial score (nSPS) is 11.7. The number of rotatable bonds is 5. The molecule has 7 heteroatoms. The third-order valence-corrected chi connectivity index (χ3v) is 4.59. The molecule has 0 amide bonds. The fourth-order valence-corrected chi connectivity index (χ4v) is 3.13. The number of imidazole rings is 1. The number of aromatic nitrogens is 2. The Balaban J connectivity index is 1.52. The maximum atomic E-state index is 12.6. The lowest BCUT2D eigenvalue weighted by atomic mass is 10.00. The summed E-state index contributed by atoms with van der Waals surface area (Å²) in [6.07, 6.45) is -4.37. The number of hydrogen-bond acceptors (Lipinski definition) is 3. The van der Waals surface area contributed by atoms with Crippen LogP contribution in [0.1, 0.15) is 17.0 Å². The van der Waals surface area contributed by atoms with Gasteiger partial charge >= 0.3 is 6.18 Å². The van der Waals surface area contributed by atoms with Crippen molar-refractivity contribution in [3.05, 3.63) is 83.7 Å². The molecule has 4 aromatic rings. The Bertz CT molecular complexity index is 1130. The highest BCUT2D eigenvalue weighted by Crippen LogP contribution is 2.30. The highest BCUT2D eigenvalue weighted by Gasteiger charge is 2.30. The molecule has 0 aliphatic carbocycles. The van der Waals surface area contributed by atoms with E-state index in [9.17, 15) is 18.3 Å². The summed E-state index contributed by atoms with van der Waals surface area (Å²) in [4.78, 5) is 7.65. The van der Waals surface area contributed by atoms with Crippen molar-refractivity contribution in [3.63, 3.8) is 0 Å². The van der Waals surface area contributed by atoms with E-state index in [2.05, 4.69) is 9.97 Å². The highest BCUT2D eigenvalue weighted by molar-refractivity contribution is 5.82. The predicted molar refractivity (Wildman–Crippen MR) is 103 cm³/mol. The summed E-state index contributed by atoms with van der Waals surface area (Å²) in [5.74, 6) is 0.892. The Labute approximate surface area is 164 Å². The van der Waals surface area contributed by atoms with Crippen LogP contribution in [-0.2, 0) is 19.4 Å². The average molecular weight is 398 g/mol. The summed E-state index contributed by atoms with van der Waals surface area (Å²) in [6.45, 7) is 0.0452. The first-order valence-corrected chi connectivity index (χ1v) is 8.92. The van der Waals surface area contributed by atoms with Crippen molar-refractivity contribution in [2.24, 2.45) is 0 Å². The van der Waals surface area contributed by atoms with Crippen LogP contribution < -0.4 is 4.74 Å². The van der Waals surface area contributed by atoms with E-state index in [-0.39, 0.29) is 13.2 Å². The molecule has 29 heavy (non-hydrogen) atoms. The van der Waals surface area contributed by atoms with Crippen LogP contribution in [0.4, 0.5) is 13.2 Å². The fourth-order valence-electron chi connectivity index (χ4n) is 3.13. The van der Waals surface area contributed by atoms with Gasteiger partial charge in [-0.2, -0.15) is 13.2 Å². The van der Waals surface area contributed by atoms with Gasteiger partial charge in [-0.1, -0.05) is 30.3 Å². The van der Waals surface area contributed by atoms with Gasteiger partial charge in [0, 0.05) is 0 Å². The zero-order valence-electron chi connectivity index (χ0n) is 15.2. The van der Waals surface area contributed by atoms with Crippen molar-refractivity contribution in [2.45, 2.75) is 19.4 Å². The zero-order valence-corrected chi connectivity index (χ0v) is 15.2. The summed E-state index contributed by atoms with van der Waals surface area (Å²) >= 11 is 0. The molecule has 2 N–H and O–H groups in total. The number of aliphatic hydroxyl groups excluding tert-OH is 1. The molecule has 148 valence electrons. The van der Waals surface area contributed by atoms with Gasteiger partial charge in [-0.3, -0.25) is 0 Å². The second-order valence-electron chi connectivity index (χ2n) is 6.54. The molecule has 0 atom stereocenters. The van der Waals surface area contributed by atoms with E-state index < -0.39 is 11.7 Å². The number of hydrogen-bond donors (Lipinski definition) is 2. The molecule has 1 heterocycles. The van der Waals surface area contributed by atoms with Crippen LogP contribution >= 0.6 is 0 Å². The Morgan fingerprint density at radius 2 is 1.72 bits per heavy atom. The van der Waals surface area contributed by atoms with Gasteiger partial charge in [0.15, 0.2) is 0 Å². The summed E-state index contributed by atoms with van der Waals surface area (Å²) < 4.78 is 43.4. The molecule has 0 radical (unpaired) electrons. The van der Waals surface area contributed by atoms with Crippen molar-refractivity contribution in [3.8, 4) is 16.9 Å². The predicted octanol–water partition coefficient (Wildman–Crippen LogP) is 5.32. The first-order valence-electron chi connectivity index (χ1n) is 8.92. The molecular formula is C22H17F3N2O2. The summed E-state index contributed by atoms with van der Waals surface area (Å²) in [7, 11) is 0. The third-order valence-electron chi connectivity index (χ3n) is 4.59. The number of nitrogens with one attached hydrogen (secondary N) is 1. The smallest absolute Gasteiger partial charge is 0.416 e. The molecule has 0 aliphatic heterocycles. The van der Waals surface area contributed by atoms with Gasteiger partial charge < -0.3 is 14.8 Å². The van der Waals surface area contributed by atoms with Crippen LogP contribution in [-0.4, -0.2) is 15.1 Å². The van der Waals surface area contributed by atoms with Crippen molar-refractivity contribution >= 4 is 11.0 Å². The number of H-pyrrole nitrogens is 1. The van der Waals surface area contributed by atoms with E-state index in [4.69, 9.17) is 4.74 Å². The van der Waals surface area contributed by atoms with Gasteiger partial charge in [-0.05, 0) is 53.1 Å². The lowest BCUT2D eigenvalue weighted by molar-refractivity contribution is -0.137. The molecule has 0 saturated carbocycles. The van der Waals surface area contributed by atoms with Crippen LogP contribution in [0.2, 0.25) is 0 Å². The summed E-state index contributed by atoms with van der Waals surface area (Å²) in [6, 6.07) is 17.9. The molecule has 0 aliphatic rings. The van der Waals surface area contributed by atoms with E-state index in [1.165, 1.54) is 12.1 Å². The van der Waals surface area contributed by atoms with E-state index in [1.807, 2.05) is 42.5 Å². The maximum absolute atomic E-state index is 12.6. The number of ether oxygens (including phenoxy) is 1. The monoisotopic (exact) mass is 398 g/mol. The van der Waals surface area contributed by atoms with Crippen molar-refractivity contribution in [1.82, 2.24) is 9.97 Å². The van der Waals surface area contributed by atoms with E-state index >= 15 is 0 Å². The molecule has 3 aromatic carbocycles. The van der Waals surface area contributed by atoms with E-state index in [0.717, 1.165) is 39.9 Å². The molecule has 0 bridgehead atoms.